The van der Waals surface area contributed by atoms with E-state index in [-0.39, 0.29) is 11.4 Å². The maximum atomic E-state index is 13.2. The van der Waals surface area contributed by atoms with E-state index in [4.69, 9.17) is 9.15 Å². The number of benzene rings is 2. The molecule has 0 atom stereocenters. The summed E-state index contributed by atoms with van der Waals surface area (Å²) in [5.74, 6) is 0.596. The molecule has 1 aromatic heterocycles. The van der Waals surface area contributed by atoms with Crippen molar-refractivity contribution in [1.82, 2.24) is 4.90 Å². The number of nitrogens with zero attached hydrogens (tertiary/aromatic N) is 1. The first-order valence-corrected chi connectivity index (χ1v) is 9.81. The van der Waals surface area contributed by atoms with Gasteiger partial charge in [0.2, 0.25) is 0 Å². The molecule has 3 aromatic rings. The van der Waals surface area contributed by atoms with E-state index in [0.717, 1.165) is 71.2 Å². The molecular weight excluding hydrogens is 357 g/mol. The Labute approximate surface area is 162 Å². The normalized spacial score (nSPS) is 16.5. The van der Waals surface area contributed by atoms with Crippen molar-refractivity contribution in [2.75, 3.05) is 6.73 Å². The molecule has 1 aliphatic heterocycles. The minimum atomic E-state index is -0.225. The Hall–Kier alpha value is -2.66. The molecule has 28 heavy (non-hydrogen) atoms. The molecule has 5 heteroatoms. The third-order valence-corrected chi connectivity index (χ3v) is 5.87. The fourth-order valence-corrected chi connectivity index (χ4v) is 4.50. The van der Waals surface area contributed by atoms with Crippen molar-refractivity contribution >= 4 is 11.0 Å². The summed E-state index contributed by atoms with van der Waals surface area (Å²) < 4.78 is 24.9. The van der Waals surface area contributed by atoms with Gasteiger partial charge in [-0.15, -0.1) is 0 Å². The van der Waals surface area contributed by atoms with Crippen molar-refractivity contribution < 1.29 is 13.5 Å². The molecular formula is C23H22FNO3. The van der Waals surface area contributed by atoms with Gasteiger partial charge in [0.25, 0.3) is 0 Å². The van der Waals surface area contributed by atoms with Crippen LogP contribution in [0.2, 0.25) is 0 Å². The average Bonchev–Trinajstić information content (AvgIpc) is 2.71. The molecule has 144 valence electrons. The second-order valence-corrected chi connectivity index (χ2v) is 7.81. The lowest BCUT2D eigenvalue weighted by atomic mass is 9.89. The van der Waals surface area contributed by atoms with E-state index in [2.05, 4.69) is 11.0 Å². The Morgan fingerprint density at radius 3 is 2.64 bits per heavy atom. The number of fused-ring (bicyclic) bond motifs is 4. The summed E-state index contributed by atoms with van der Waals surface area (Å²) in [5.41, 5.74) is 5.53. The van der Waals surface area contributed by atoms with Crippen LogP contribution < -0.4 is 10.4 Å². The van der Waals surface area contributed by atoms with Crippen molar-refractivity contribution in [2.24, 2.45) is 0 Å². The molecule has 0 bridgehead atoms. The van der Waals surface area contributed by atoms with Crippen LogP contribution in [0.3, 0.4) is 0 Å². The molecule has 0 radical (unpaired) electrons. The third kappa shape index (κ3) is 2.90. The molecule has 0 amide bonds. The Kier molecular flexibility index (Phi) is 4.20. The van der Waals surface area contributed by atoms with Gasteiger partial charge >= 0.3 is 5.63 Å². The fourth-order valence-electron chi connectivity index (χ4n) is 4.50. The molecule has 1 aliphatic carbocycles. The third-order valence-electron chi connectivity index (χ3n) is 5.87. The van der Waals surface area contributed by atoms with Crippen LogP contribution in [-0.2, 0) is 25.9 Å². The summed E-state index contributed by atoms with van der Waals surface area (Å²) in [6.45, 7) is 3.86. The van der Waals surface area contributed by atoms with Crippen molar-refractivity contribution in [1.29, 1.82) is 0 Å². The lowest BCUT2D eigenvalue weighted by molar-refractivity contribution is 0.0881. The molecule has 2 heterocycles. The van der Waals surface area contributed by atoms with Crippen LogP contribution in [0.15, 0.2) is 39.5 Å². The quantitative estimate of drug-likeness (QED) is 0.616. The average molecular weight is 379 g/mol. The van der Waals surface area contributed by atoms with Crippen LogP contribution in [0.4, 0.5) is 4.39 Å². The van der Waals surface area contributed by atoms with Gasteiger partial charge in [-0.2, -0.15) is 0 Å². The molecule has 0 unspecified atom stereocenters. The van der Waals surface area contributed by atoms with Gasteiger partial charge in [0.1, 0.15) is 23.9 Å². The van der Waals surface area contributed by atoms with Gasteiger partial charge in [-0.25, -0.2) is 9.18 Å². The fraction of sp³-hybridized carbons (Fsp3) is 0.348. The van der Waals surface area contributed by atoms with Crippen LogP contribution in [0, 0.1) is 12.7 Å². The highest BCUT2D eigenvalue weighted by atomic mass is 19.1. The maximum absolute atomic E-state index is 13.2. The van der Waals surface area contributed by atoms with E-state index in [0.29, 0.717) is 18.9 Å². The molecule has 0 N–H and O–H groups in total. The van der Waals surface area contributed by atoms with Crippen LogP contribution in [0.5, 0.6) is 5.75 Å². The highest BCUT2D eigenvalue weighted by Crippen LogP contribution is 2.38. The largest absolute Gasteiger partial charge is 0.477 e. The van der Waals surface area contributed by atoms with E-state index in [1.807, 2.05) is 19.1 Å². The molecule has 5 rings (SSSR count). The Morgan fingerprint density at radius 2 is 1.86 bits per heavy atom. The molecule has 0 saturated heterocycles. The van der Waals surface area contributed by atoms with Crippen LogP contribution in [0.1, 0.15) is 40.7 Å². The van der Waals surface area contributed by atoms with Gasteiger partial charge in [-0.1, -0.05) is 12.1 Å². The van der Waals surface area contributed by atoms with E-state index in [9.17, 15) is 9.18 Å². The Bertz CT molecular complexity index is 1120. The van der Waals surface area contributed by atoms with E-state index >= 15 is 0 Å². The molecule has 0 saturated carbocycles. The monoisotopic (exact) mass is 379 g/mol. The van der Waals surface area contributed by atoms with E-state index in [1.165, 1.54) is 12.1 Å². The number of aryl methyl sites for hydroxylation is 2. The first-order valence-electron chi connectivity index (χ1n) is 9.81. The maximum Gasteiger partial charge on any atom is 0.339 e. The standard InChI is InChI=1S/C23H22FNO3/c1-14-21-16(12-25(13-27-21)11-15-6-8-17(24)9-7-15)10-20-18-4-2-3-5-19(18)23(26)28-22(14)20/h6-10H,2-5,11-13H2,1H3. The zero-order chi connectivity index (χ0) is 19.3. The summed E-state index contributed by atoms with van der Waals surface area (Å²) >= 11 is 0. The minimum absolute atomic E-state index is 0.195. The van der Waals surface area contributed by atoms with Crippen LogP contribution in [0.25, 0.3) is 11.0 Å². The number of hydrogen-bond acceptors (Lipinski definition) is 4. The van der Waals surface area contributed by atoms with Crippen molar-refractivity contribution in [2.45, 2.75) is 45.7 Å². The molecule has 2 aliphatic rings. The van der Waals surface area contributed by atoms with Gasteiger partial charge in [0, 0.05) is 35.2 Å². The SMILES string of the molecule is Cc1c2c(cc3c4c(c(=O)oc13)CCCC4)CN(Cc1ccc(F)cc1)CO2. The van der Waals surface area contributed by atoms with Gasteiger partial charge < -0.3 is 9.15 Å². The van der Waals surface area contributed by atoms with Gasteiger partial charge in [0.15, 0.2) is 0 Å². The number of rotatable bonds is 2. The second kappa shape index (κ2) is 6.74. The van der Waals surface area contributed by atoms with Crippen LogP contribution in [-0.4, -0.2) is 11.6 Å². The Morgan fingerprint density at radius 1 is 1.11 bits per heavy atom. The van der Waals surface area contributed by atoms with E-state index in [1.54, 1.807) is 0 Å². The first kappa shape index (κ1) is 17.4. The van der Waals surface area contributed by atoms with Crippen molar-refractivity contribution in [3.05, 3.63) is 74.4 Å². The Balaban J connectivity index is 1.54. The number of halogens is 1. The van der Waals surface area contributed by atoms with Crippen LogP contribution >= 0.6 is 0 Å². The smallest absolute Gasteiger partial charge is 0.339 e. The highest BCUT2D eigenvalue weighted by Gasteiger charge is 2.25. The lowest BCUT2D eigenvalue weighted by Gasteiger charge is -2.30. The van der Waals surface area contributed by atoms with Gasteiger partial charge in [-0.3, -0.25) is 4.90 Å². The molecule has 0 fully saturated rings. The van der Waals surface area contributed by atoms with Crippen molar-refractivity contribution in [3.63, 3.8) is 0 Å². The zero-order valence-electron chi connectivity index (χ0n) is 15.9. The lowest BCUT2D eigenvalue weighted by Crippen LogP contribution is -2.32. The molecule has 0 spiro atoms. The second-order valence-electron chi connectivity index (χ2n) is 7.81. The first-order chi connectivity index (χ1) is 13.6. The summed E-state index contributed by atoms with van der Waals surface area (Å²) in [5, 5.41) is 1.05. The summed E-state index contributed by atoms with van der Waals surface area (Å²) in [7, 11) is 0. The van der Waals surface area contributed by atoms with Gasteiger partial charge in [-0.05, 0) is 61.9 Å². The van der Waals surface area contributed by atoms with Crippen molar-refractivity contribution in [3.8, 4) is 5.75 Å². The zero-order valence-corrected chi connectivity index (χ0v) is 15.9. The highest BCUT2D eigenvalue weighted by molar-refractivity contribution is 5.87. The van der Waals surface area contributed by atoms with Gasteiger partial charge in [0.05, 0.1) is 0 Å². The summed E-state index contributed by atoms with van der Waals surface area (Å²) in [6.07, 6.45) is 3.88. The van der Waals surface area contributed by atoms with E-state index < -0.39 is 0 Å². The summed E-state index contributed by atoms with van der Waals surface area (Å²) in [6, 6.07) is 8.73. The molecule has 2 aromatic carbocycles. The predicted molar refractivity (Wildman–Crippen MR) is 105 cm³/mol. The summed E-state index contributed by atoms with van der Waals surface area (Å²) in [4.78, 5) is 14.6. The number of hydrogen-bond donors (Lipinski definition) is 0. The topological polar surface area (TPSA) is 42.7 Å². The molecule has 4 nitrogen and oxygen atoms in total. The number of ether oxygens (including phenoxy) is 1. The minimum Gasteiger partial charge on any atom is -0.477 e. The predicted octanol–water partition coefficient (Wildman–Crippen LogP) is 4.47.